The molecule has 86 valence electrons. The highest BCUT2D eigenvalue weighted by Gasteiger charge is 2.15. The van der Waals surface area contributed by atoms with Gasteiger partial charge in [0.15, 0.2) is 0 Å². The minimum Gasteiger partial charge on any atom is -0.396 e. The van der Waals surface area contributed by atoms with Gasteiger partial charge in [-0.25, -0.2) is 0 Å². The van der Waals surface area contributed by atoms with Crippen molar-refractivity contribution in [1.82, 2.24) is 4.98 Å². The van der Waals surface area contributed by atoms with Crippen molar-refractivity contribution in [3.8, 4) is 0 Å². The van der Waals surface area contributed by atoms with Gasteiger partial charge < -0.3 is 27.9 Å². The van der Waals surface area contributed by atoms with E-state index in [4.69, 9.17) is 22.9 Å². The third-order valence-corrected chi connectivity index (χ3v) is 3.12. The molecule has 0 fully saturated rings. The molecule has 0 aliphatic rings. The highest BCUT2D eigenvalue weighted by atomic mass is 14.8. The van der Waals surface area contributed by atoms with Crippen molar-refractivity contribution in [2.75, 3.05) is 22.9 Å². The van der Waals surface area contributed by atoms with Gasteiger partial charge in [0.05, 0.1) is 28.3 Å². The molecule has 0 radical (unpaired) electrons. The van der Waals surface area contributed by atoms with E-state index in [0.29, 0.717) is 22.7 Å². The van der Waals surface area contributed by atoms with E-state index in [9.17, 15) is 0 Å². The first kappa shape index (κ1) is 9.65. The summed E-state index contributed by atoms with van der Waals surface area (Å²) in [5, 5.41) is 1.84. The van der Waals surface area contributed by atoms with E-state index in [1.165, 1.54) is 0 Å². The molecular weight excluding hydrogens is 214 g/mol. The molecule has 0 spiro atoms. The van der Waals surface area contributed by atoms with Crippen LogP contribution in [0.3, 0.4) is 0 Å². The fourth-order valence-electron chi connectivity index (χ4n) is 2.18. The van der Waals surface area contributed by atoms with Crippen LogP contribution in [0.25, 0.3) is 21.8 Å². The highest BCUT2D eigenvalue weighted by molar-refractivity contribution is 6.21. The zero-order valence-corrected chi connectivity index (χ0v) is 9.12. The van der Waals surface area contributed by atoms with Gasteiger partial charge in [-0.3, -0.25) is 0 Å². The Labute approximate surface area is 97.4 Å². The number of benzene rings is 2. The first-order chi connectivity index (χ1) is 8.11. The van der Waals surface area contributed by atoms with Gasteiger partial charge in [-0.15, -0.1) is 0 Å². The number of anilines is 4. The molecule has 0 saturated carbocycles. The maximum Gasteiger partial charge on any atom is 0.0824 e. The second-order valence-corrected chi connectivity index (χ2v) is 4.08. The average Bonchev–Trinajstić information content (AvgIpc) is 2.73. The van der Waals surface area contributed by atoms with Crippen LogP contribution in [0.5, 0.6) is 0 Å². The number of fused-ring (bicyclic) bond motifs is 3. The minimum atomic E-state index is 0.335. The maximum absolute atomic E-state index is 6.02. The molecule has 9 N–H and O–H groups in total. The molecule has 1 heterocycles. The fourth-order valence-corrected chi connectivity index (χ4v) is 2.18. The second-order valence-electron chi connectivity index (χ2n) is 4.08. The number of nitrogens with two attached hydrogens (primary N) is 4. The third-order valence-electron chi connectivity index (χ3n) is 3.12. The lowest BCUT2D eigenvalue weighted by Gasteiger charge is -2.09. The molecule has 0 saturated heterocycles. The second kappa shape index (κ2) is 2.98. The number of para-hydroxylation sites is 1. The highest BCUT2D eigenvalue weighted by Crippen LogP contribution is 2.41. The molecule has 0 aliphatic carbocycles. The van der Waals surface area contributed by atoms with Gasteiger partial charge in [0, 0.05) is 16.3 Å². The van der Waals surface area contributed by atoms with Crippen molar-refractivity contribution >= 4 is 44.6 Å². The number of nitrogens with one attached hydrogen (secondary N) is 1. The summed E-state index contributed by atoms with van der Waals surface area (Å²) in [6, 6.07) is 7.81. The monoisotopic (exact) mass is 227 g/mol. The summed E-state index contributed by atoms with van der Waals surface area (Å²) in [7, 11) is 0. The Morgan fingerprint density at radius 2 is 1.41 bits per heavy atom. The quantitative estimate of drug-likeness (QED) is 0.375. The summed E-state index contributed by atoms with van der Waals surface area (Å²) >= 11 is 0. The van der Waals surface area contributed by atoms with Crippen LogP contribution in [0, 0.1) is 0 Å². The van der Waals surface area contributed by atoms with Gasteiger partial charge in [-0.05, 0) is 6.07 Å². The van der Waals surface area contributed by atoms with Gasteiger partial charge in [0.2, 0.25) is 0 Å². The molecule has 0 unspecified atom stereocenters. The van der Waals surface area contributed by atoms with Gasteiger partial charge in [-0.2, -0.15) is 0 Å². The Kier molecular flexibility index (Phi) is 1.69. The van der Waals surface area contributed by atoms with Crippen LogP contribution in [0.2, 0.25) is 0 Å². The number of aromatic amines is 1. The summed E-state index contributed by atoms with van der Waals surface area (Å²) in [5.41, 5.74) is 27.0. The van der Waals surface area contributed by atoms with Crippen molar-refractivity contribution in [1.29, 1.82) is 0 Å². The summed E-state index contributed by atoms with van der Waals surface area (Å²) in [6.07, 6.45) is 0. The van der Waals surface area contributed by atoms with Crippen LogP contribution in [0.1, 0.15) is 0 Å². The summed E-state index contributed by atoms with van der Waals surface area (Å²) in [6.45, 7) is 0. The molecule has 17 heavy (non-hydrogen) atoms. The fraction of sp³-hybridized carbons (Fsp3) is 0. The summed E-state index contributed by atoms with van der Waals surface area (Å²) in [5.74, 6) is 0. The largest absolute Gasteiger partial charge is 0.396 e. The number of H-pyrrole nitrogens is 1. The number of nitrogen functional groups attached to an aromatic ring is 4. The molecule has 0 aliphatic heterocycles. The predicted molar refractivity (Wildman–Crippen MR) is 73.5 cm³/mol. The van der Waals surface area contributed by atoms with Crippen LogP contribution < -0.4 is 22.9 Å². The normalized spacial score (nSPS) is 11.3. The predicted octanol–water partition coefficient (Wildman–Crippen LogP) is 1.65. The molecular formula is C12H13N5. The molecule has 3 aromatic rings. The van der Waals surface area contributed by atoms with Crippen LogP contribution in [-0.2, 0) is 0 Å². The van der Waals surface area contributed by atoms with E-state index >= 15 is 0 Å². The molecule has 0 atom stereocenters. The molecule has 2 aromatic carbocycles. The third kappa shape index (κ3) is 1.08. The Hall–Kier alpha value is -2.56. The lowest BCUT2D eigenvalue weighted by atomic mass is 10.1. The maximum atomic E-state index is 6.02. The van der Waals surface area contributed by atoms with E-state index in [0.717, 1.165) is 21.8 Å². The average molecular weight is 227 g/mol. The smallest absolute Gasteiger partial charge is 0.0824 e. The van der Waals surface area contributed by atoms with Crippen molar-refractivity contribution < 1.29 is 0 Å². The lowest BCUT2D eigenvalue weighted by molar-refractivity contribution is 1.54. The van der Waals surface area contributed by atoms with E-state index in [1.807, 2.05) is 24.3 Å². The zero-order chi connectivity index (χ0) is 12.2. The SMILES string of the molecule is Nc1c(N)c(N)c2c([nH]c3ccccc32)c1N. The number of rotatable bonds is 0. The van der Waals surface area contributed by atoms with Crippen molar-refractivity contribution in [3.05, 3.63) is 24.3 Å². The van der Waals surface area contributed by atoms with Crippen LogP contribution in [-0.4, -0.2) is 4.98 Å². The van der Waals surface area contributed by atoms with Gasteiger partial charge in [0.25, 0.3) is 0 Å². The van der Waals surface area contributed by atoms with Crippen molar-refractivity contribution in [2.24, 2.45) is 0 Å². The first-order valence-electron chi connectivity index (χ1n) is 5.23. The van der Waals surface area contributed by atoms with Gasteiger partial charge in [0.1, 0.15) is 0 Å². The topological polar surface area (TPSA) is 120 Å². The van der Waals surface area contributed by atoms with E-state index in [-0.39, 0.29) is 0 Å². The van der Waals surface area contributed by atoms with E-state index in [1.54, 1.807) is 0 Å². The van der Waals surface area contributed by atoms with Crippen LogP contribution >= 0.6 is 0 Å². The number of aromatic nitrogens is 1. The molecule has 5 nitrogen and oxygen atoms in total. The van der Waals surface area contributed by atoms with E-state index in [2.05, 4.69) is 4.98 Å². The molecule has 5 heteroatoms. The molecule has 3 rings (SSSR count). The van der Waals surface area contributed by atoms with Crippen LogP contribution in [0.15, 0.2) is 24.3 Å². The minimum absolute atomic E-state index is 0.335. The first-order valence-corrected chi connectivity index (χ1v) is 5.23. The Morgan fingerprint density at radius 3 is 2.18 bits per heavy atom. The summed E-state index contributed by atoms with van der Waals surface area (Å²) in [4.78, 5) is 3.21. The van der Waals surface area contributed by atoms with Gasteiger partial charge >= 0.3 is 0 Å². The van der Waals surface area contributed by atoms with Crippen molar-refractivity contribution in [3.63, 3.8) is 0 Å². The Bertz CT molecular complexity index is 742. The van der Waals surface area contributed by atoms with E-state index < -0.39 is 0 Å². The Morgan fingerprint density at radius 1 is 0.765 bits per heavy atom. The molecule has 1 aromatic heterocycles. The number of hydrogen-bond donors (Lipinski definition) is 5. The lowest BCUT2D eigenvalue weighted by Crippen LogP contribution is -2.04. The molecule has 0 bridgehead atoms. The summed E-state index contributed by atoms with van der Waals surface area (Å²) < 4.78 is 0. The van der Waals surface area contributed by atoms with Gasteiger partial charge in [-0.1, -0.05) is 18.2 Å². The molecule has 0 amide bonds. The zero-order valence-electron chi connectivity index (χ0n) is 9.12. The standard InChI is InChI=1S/C12H13N5/c13-8-7-5-3-1-2-4-6(5)17-12(7)11(16)10(15)9(8)14/h1-4,17H,13-16H2. The Balaban J connectivity index is 2.67. The van der Waals surface area contributed by atoms with Crippen LogP contribution in [0.4, 0.5) is 22.7 Å². The number of hydrogen-bond acceptors (Lipinski definition) is 4. The van der Waals surface area contributed by atoms with Crippen molar-refractivity contribution in [2.45, 2.75) is 0 Å².